The van der Waals surface area contributed by atoms with Crippen molar-refractivity contribution in [2.24, 2.45) is 0 Å². The Labute approximate surface area is 137 Å². The zero-order chi connectivity index (χ0) is 16.5. The number of hydroxylamine groups is 2. The number of hydrogen-bond acceptors (Lipinski definition) is 6. The van der Waals surface area contributed by atoms with Gasteiger partial charge in [0.25, 0.3) is 5.91 Å². The highest BCUT2D eigenvalue weighted by Gasteiger charge is 2.35. The molecule has 2 aromatic heterocycles. The zero-order valence-corrected chi connectivity index (χ0v) is 13.0. The molecule has 0 aromatic carbocycles. The SMILES string of the molecule is O=C([C@@H]1CN(c2ncc(F)cn2)Cc2ccnn21)N1CCCCO1. The summed E-state index contributed by atoms with van der Waals surface area (Å²) in [5, 5.41) is 5.71. The van der Waals surface area contributed by atoms with Crippen LogP contribution in [-0.4, -0.2) is 50.4 Å². The number of anilines is 1. The van der Waals surface area contributed by atoms with Crippen LogP contribution in [0.4, 0.5) is 10.3 Å². The van der Waals surface area contributed by atoms with Crippen molar-refractivity contribution < 1.29 is 14.0 Å². The summed E-state index contributed by atoms with van der Waals surface area (Å²) in [5.41, 5.74) is 0.879. The van der Waals surface area contributed by atoms with Crippen LogP contribution < -0.4 is 4.90 Å². The van der Waals surface area contributed by atoms with E-state index >= 15 is 0 Å². The molecule has 8 nitrogen and oxygen atoms in total. The summed E-state index contributed by atoms with van der Waals surface area (Å²) >= 11 is 0. The monoisotopic (exact) mass is 332 g/mol. The average Bonchev–Trinajstić information content (AvgIpc) is 3.10. The fourth-order valence-electron chi connectivity index (χ4n) is 3.03. The average molecular weight is 332 g/mol. The lowest BCUT2D eigenvalue weighted by Crippen LogP contribution is -2.48. The van der Waals surface area contributed by atoms with Crippen molar-refractivity contribution in [2.45, 2.75) is 25.4 Å². The number of hydrogen-bond donors (Lipinski definition) is 0. The van der Waals surface area contributed by atoms with Gasteiger partial charge in [0, 0.05) is 12.7 Å². The Morgan fingerprint density at radius 2 is 2.12 bits per heavy atom. The maximum absolute atomic E-state index is 13.1. The van der Waals surface area contributed by atoms with Gasteiger partial charge < -0.3 is 4.90 Å². The summed E-state index contributed by atoms with van der Waals surface area (Å²) in [6.45, 7) is 2.00. The van der Waals surface area contributed by atoms with Crippen molar-refractivity contribution in [3.63, 3.8) is 0 Å². The van der Waals surface area contributed by atoms with Crippen LogP contribution >= 0.6 is 0 Å². The van der Waals surface area contributed by atoms with Crippen molar-refractivity contribution in [3.05, 3.63) is 36.2 Å². The quantitative estimate of drug-likeness (QED) is 0.814. The molecule has 1 fully saturated rings. The Bertz CT molecular complexity index is 728. The van der Waals surface area contributed by atoms with Gasteiger partial charge in [-0.1, -0.05) is 0 Å². The van der Waals surface area contributed by atoms with Crippen molar-refractivity contribution in [1.82, 2.24) is 24.8 Å². The standard InChI is InChI=1S/C15H17FN6O2/c16-11-7-17-15(18-8-11)20-9-12-3-4-19-22(12)13(10-20)14(23)21-5-1-2-6-24-21/h3-4,7-8,13H,1-2,5-6,9-10H2/t13-/m0/s1. The van der Waals surface area contributed by atoms with Crippen molar-refractivity contribution >= 4 is 11.9 Å². The van der Waals surface area contributed by atoms with Gasteiger partial charge in [0.05, 0.1) is 37.8 Å². The first-order valence-corrected chi connectivity index (χ1v) is 7.91. The molecule has 0 saturated carbocycles. The zero-order valence-electron chi connectivity index (χ0n) is 13.0. The highest BCUT2D eigenvalue weighted by Crippen LogP contribution is 2.25. The molecule has 2 aromatic rings. The smallest absolute Gasteiger partial charge is 0.272 e. The Morgan fingerprint density at radius 3 is 2.88 bits per heavy atom. The molecule has 2 aliphatic heterocycles. The van der Waals surface area contributed by atoms with Crippen molar-refractivity contribution in [3.8, 4) is 0 Å². The maximum Gasteiger partial charge on any atom is 0.272 e. The Morgan fingerprint density at radius 1 is 1.29 bits per heavy atom. The molecule has 9 heteroatoms. The third kappa shape index (κ3) is 2.71. The predicted molar refractivity (Wildman–Crippen MR) is 81.2 cm³/mol. The molecule has 1 atom stereocenters. The molecular weight excluding hydrogens is 315 g/mol. The number of halogens is 1. The molecule has 0 radical (unpaired) electrons. The molecule has 4 heterocycles. The summed E-state index contributed by atoms with van der Waals surface area (Å²) < 4.78 is 14.8. The van der Waals surface area contributed by atoms with Gasteiger partial charge in [0.15, 0.2) is 11.9 Å². The van der Waals surface area contributed by atoms with E-state index in [2.05, 4.69) is 15.1 Å². The van der Waals surface area contributed by atoms with E-state index in [9.17, 15) is 9.18 Å². The minimum absolute atomic E-state index is 0.133. The van der Waals surface area contributed by atoms with Crippen LogP contribution in [0.1, 0.15) is 24.6 Å². The lowest BCUT2D eigenvalue weighted by atomic mass is 10.1. The third-order valence-corrected chi connectivity index (χ3v) is 4.22. The van der Waals surface area contributed by atoms with Crippen LogP contribution in [0.5, 0.6) is 0 Å². The van der Waals surface area contributed by atoms with Crippen LogP contribution in [0.2, 0.25) is 0 Å². The molecular formula is C15H17FN6O2. The summed E-state index contributed by atoms with van der Waals surface area (Å²) in [7, 11) is 0. The van der Waals surface area contributed by atoms with Gasteiger partial charge in [-0.15, -0.1) is 0 Å². The minimum atomic E-state index is -0.518. The molecule has 2 aliphatic rings. The Balaban J connectivity index is 1.61. The van der Waals surface area contributed by atoms with Gasteiger partial charge in [0.2, 0.25) is 5.95 Å². The first kappa shape index (κ1) is 15.0. The molecule has 24 heavy (non-hydrogen) atoms. The van der Waals surface area contributed by atoms with E-state index in [1.54, 1.807) is 10.9 Å². The number of aromatic nitrogens is 4. The molecule has 0 spiro atoms. The van der Waals surface area contributed by atoms with E-state index in [1.165, 1.54) is 5.06 Å². The highest BCUT2D eigenvalue weighted by atomic mass is 19.1. The van der Waals surface area contributed by atoms with Gasteiger partial charge in [-0.2, -0.15) is 5.10 Å². The number of carbonyl (C=O) groups is 1. The maximum atomic E-state index is 13.1. The lowest BCUT2D eigenvalue weighted by molar-refractivity contribution is -0.200. The summed E-state index contributed by atoms with van der Waals surface area (Å²) in [5.74, 6) is -0.234. The fourth-order valence-corrected chi connectivity index (χ4v) is 3.03. The van der Waals surface area contributed by atoms with E-state index in [1.807, 2.05) is 11.0 Å². The van der Waals surface area contributed by atoms with Crippen LogP contribution in [0.15, 0.2) is 24.7 Å². The van der Waals surface area contributed by atoms with Gasteiger partial charge >= 0.3 is 0 Å². The summed E-state index contributed by atoms with van der Waals surface area (Å²) in [6, 6.07) is 1.34. The molecule has 1 saturated heterocycles. The van der Waals surface area contributed by atoms with Gasteiger partial charge in [-0.25, -0.2) is 19.4 Å². The van der Waals surface area contributed by atoms with Crippen LogP contribution in [0, 0.1) is 5.82 Å². The van der Waals surface area contributed by atoms with Gasteiger partial charge in [-0.05, 0) is 18.9 Å². The van der Waals surface area contributed by atoms with E-state index in [0.29, 0.717) is 32.2 Å². The predicted octanol–water partition coefficient (Wildman–Crippen LogP) is 0.928. The lowest BCUT2D eigenvalue weighted by Gasteiger charge is -2.36. The minimum Gasteiger partial charge on any atom is -0.332 e. The normalized spacial score (nSPS) is 20.8. The van der Waals surface area contributed by atoms with E-state index in [4.69, 9.17) is 4.84 Å². The first-order valence-electron chi connectivity index (χ1n) is 7.91. The van der Waals surface area contributed by atoms with E-state index < -0.39 is 11.9 Å². The third-order valence-electron chi connectivity index (χ3n) is 4.22. The number of amides is 1. The van der Waals surface area contributed by atoms with E-state index in [-0.39, 0.29) is 5.91 Å². The second-order valence-corrected chi connectivity index (χ2v) is 5.85. The summed E-state index contributed by atoms with van der Waals surface area (Å²) in [4.78, 5) is 28.2. The second-order valence-electron chi connectivity index (χ2n) is 5.85. The molecule has 1 amide bonds. The van der Waals surface area contributed by atoms with Crippen molar-refractivity contribution in [2.75, 3.05) is 24.6 Å². The molecule has 0 N–H and O–H groups in total. The van der Waals surface area contributed by atoms with Gasteiger partial charge in [-0.3, -0.25) is 14.3 Å². The number of fused-ring (bicyclic) bond motifs is 1. The highest BCUT2D eigenvalue weighted by molar-refractivity contribution is 5.80. The summed E-state index contributed by atoms with van der Waals surface area (Å²) in [6.07, 6.45) is 5.80. The molecule has 0 aliphatic carbocycles. The Kier molecular flexibility index (Phi) is 3.85. The number of rotatable bonds is 2. The molecule has 126 valence electrons. The number of carbonyl (C=O) groups excluding carboxylic acids is 1. The second kappa shape index (κ2) is 6.16. The van der Waals surface area contributed by atoms with E-state index in [0.717, 1.165) is 30.9 Å². The molecule has 0 unspecified atom stereocenters. The topological polar surface area (TPSA) is 76.4 Å². The van der Waals surface area contributed by atoms with Crippen LogP contribution in [-0.2, 0) is 16.2 Å². The number of nitrogens with zero attached hydrogens (tertiary/aromatic N) is 6. The van der Waals surface area contributed by atoms with Crippen LogP contribution in [0.25, 0.3) is 0 Å². The Hall–Kier alpha value is -2.55. The van der Waals surface area contributed by atoms with Crippen molar-refractivity contribution in [1.29, 1.82) is 0 Å². The van der Waals surface area contributed by atoms with Crippen LogP contribution in [0.3, 0.4) is 0 Å². The largest absolute Gasteiger partial charge is 0.332 e. The van der Waals surface area contributed by atoms with Gasteiger partial charge in [0.1, 0.15) is 0 Å². The molecule has 0 bridgehead atoms. The molecule has 4 rings (SSSR count). The fraction of sp³-hybridized carbons (Fsp3) is 0.467. The first-order chi connectivity index (χ1) is 11.7.